The van der Waals surface area contributed by atoms with Crippen molar-refractivity contribution < 1.29 is 18.0 Å². The summed E-state index contributed by atoms with van der Waals surface area (Å²) in [5.74, 6) is -0.848. The first kappa shape index (κ1) is 18.2. The maximum absolute atomic E-state index is 12.4. The Morgan fingerprint density at radius 3 is 2.64 bits per heavy atom. The molecule has 1 fully saturated rings. The maximum Gasteiger partial charge on any atom is 0.251 e. The van der Waals surface area contributed by atoms with Gasteiger partial charge in [0, 0.05) is 11.8 Å². The fraction of sp³-hybridized carbons (Fsp3) is 0.211. The minimum atomic E-state index is -3.66. The van der Waals surface area contributed by atoms with Crippen molar-refractivity contribution in [1.82, 2.24) is 14.7 Å². The van der Waals surface area contributed by atoms with Gasteiger partial charge in [0.15, 0.2) is 0 Å². The van der Waals surface area contributed by atoms with Gasteiger partial charge in [-0.05, 0) is 36.4 Å². The van der Waals surface area contributed by atoms with E-state index in [1.807, 2.05) is 28.8 Å². The third-order valence-corrected chi connectivity index (χ3v) is 6.52. The van der Waals surface area contributed by atoms with Crippen molar-refractivity contribution in [2.45, 2.75) is 13.5 Å². The molecule has 1 aromatic carbocycles. The van der Waals surface area contributed by atoms with Crippen LogP contribution in [0.4, 0.5) is 5.69 Å². The van der Waals surface area contributed by atoms with Crippen molar-refractivity contribution >= 4 is 33.0 Å². The average molecular weight is 398 g/mol. The van der Waals surface area contributed by atoms with E-state index in [-0.39, 0.29) is 23.9 Å². The molecule has 9 heteroatoms. The molecule has 0 aliphatic carbocycles. The molecule has 1 N–H and O–H groups in total. The summed E-state index contributed by atoms with van der Waals surface area (Å²) >= 11 is 0. The van der Waals surface area contributed by atoms with Crippen LogP contribution >= 0.6 is 0 Å². The van der Waals surface area contributed by atoms with Gasteiger partial charge in [-0.25, -0.2) is 17.7 Å². The summed E-state index contributed by atoms with van der Waals surface area (Å²) in [6.45, 7) is 1.83. The van der Waals surface area contributed by atoms with Gasteiger partial charge in [0.05, 0.1) is 35.6 Å². The highest BCUT2D eigenvalue weighted by Gasteiger charge is 2.41. The molecule has 144 valence electrons. The summed E-state index contributed by atoms with van der Waals surface area (Å²) in [6, 6.07) is 11.6. The lowest BCUT2D eigenvalue weighted by molar-refractivity contribution is -0.119. The van der Waals surface area contributed by atoms with Gasteiger partial charge in [-0.3, -0.25) is 9.59 Å². The highest BCUT2D eigenvalue weighted by molar-refractivity contribution is 7.94. The highest BCUT2D eigenvalue weighted by atomic mass is 32.2. The van der Waals surface area contributed by atoms with Crippen molar-refractivity contribution in [2.24, 2.45) is 5.92 Å². The lowest BCUT2D eigenvalue weighted by Crippen LogP contribution is -2.30. The molecule has 3 heterocycles. The predicted octanol–water partition coefficient (Wildman–Crippen LogP) is 1.58. The lowest BCUT2D eigenvalue weighted by atomic mass is 10.1. The molecule has 0 radical (unpaired) electrons. The predicted molar refractivity (Wildman–Crippen MR) is 103 cm³/mol. The number of aromatic nitrogens is 2. The van der Waals surface area contributed by atoms with Gasteiger partial charge in [0.25, 0.3) is 5.91 Å². The molecule has 4 rings (SSSR count). The Morgan fingerprint density at radius 2 is 1.96 bits per heavy atom. The van der Waals surface area contributed by atoms with Crippen molar-refractivity contribution in [3.8, 4) is 0 Å². The Balaban J connectivity index is 1.48. The minimum Gasteiger partial charge on any atom is -0.345 e. The first-order valence-electron chi connectivity index (χ1n) is 8.73. The van der Waals surface area contributed by atoms with Crippen LogP contribution in [0.2, 0.25) is 0 Å². The number of pyridine rings is 1. The van der Waals surface area contributed by atoms with Gasteiger partial charge in [0.1, 0.15) is 5.82 Å². The van der Waals surface area contributed by atoms with Crippen molar-refractivity contribution in [3.05, 3.63) is 66.2 Å². The molecule has 1 aliphatic rings. The molecule has 1 unspecified atom stereocenters. The van der Waals surface area contributed by atoms with Gasteiger partial charge >= 0.3 is 0 Å². The van der Waals surface area contributed by atoms with Crippen LogP contribution in [0.5, 0.6) is 0 Å². The number of anilines is 1. The standard InChI is InChI=1S/C19H18N4O4S/c1-13-12-28(26,27)23(19(13)25)15-7-5-14(6-8-15)18(24)21-11-17-20-10-16-4-2-3-9-22(16)17/h2-10,13H,11-12H2,1H3,(H,21,24). The summed E-state index contributed by atoms with van der Waals surface area (Å²) < 4.78 is 27.0. The van der Waals surface area contributed by atoms with Gasteiger partial charge in [-0.15, -0.1) is 0 Å². The van der Waals surface area contributed by atoms with E-state index in [2.05, 4.69) is 10.3 Å². The second kappa shape index (κ2) is 6.75. The Hall–Kier alpha value is -3.20. The summed E-state index contributed by atoms with van der Waals surface area (Å²) in [5, 5.41) is 2.79. The number of rotatable bonds is 4. The van der Waals surface area contributed by atoms with E-state index in [0.29, 0.717) is 11.4 Å². The Morgan fingerprint density at radius 1 is 1.21 bits per heavy atom. The first-order chi connectivity index (χ1) is 13.4. The molecule has 1 saturated heterocycles. The molecular weight excluding hydrogens is 380 g/mol. The van der Waals surface area contributed by atoms with Crippen LogP contribution in [0.1, 0.15) is 23.1 Å². The second-order valence-electron chi connectivity index (χ2n) is 6.68. The highest BCUT2D eigenvalue weighted by Crippen LogP contribution is 2.28. The molecule has 0 saturated carbocycles. The first-order valence-corrected chi connectivity index (χ1v) is 10.3. The number of hydrogen-bond acceptors (Lipinski definition) is 5. The number of carbonyl (C=O) groups is 2. The van der Waals surface area contributed by atoms with Crippen molar-refractivity contribution in [1.29, 1.82) is 0 Å². The topological polar surface area (TPSA) is 101 Å². The Bertz CT molecular complexity index is 1170. The molecule has 2 amide bonds. The van der Waals surface area contributed by atoms with E-state index in [4.69, 9.17) is 0 Å². The third kappa shape index (κ3) is 3.13. The number of amides is 2. The van der Waals surface area contributed by atoms with Crippen molar-refractivity contribution in [2.75, 3.05) is 10.1 Å². The Kier molecular flexibility index (Phi) is 4.38. The quantitative estimate of drug-likeness (QED) is 0.719. The fourth-order valence-electron chi connectivity index (χ4n) is 3.23. The summed E-state index contributed by atoms with van der Waals surface area (Å²) in [5.41, 5.74) is 1.54. The lowest BCUT2D eigenvalue weighted by Gasteiger charge is -2.15. The van der Waals surface area contributed by atoms with Crippen molar-refractivity contribution in [3.63, 3.8) is 0 Å². The number of imidazole rings is 1. The zero-order valence-corrected chi connectivity index (χ0v) is 15.9. The molecule has 1 atom stereocenters. The fourth-order valence-corrected chi connectivity index (χ4v) is 5.05. The number of nitrogens with one attached hydrogen (secondary N) is 1. The van der Waals surface area contributed by atoms with E-state index >= 15 is 0 Å². The van der Waals surface area contributed by atoms with Gasteiger partial charge < -0.3 is 9.72 Å². The monoisotopic (exact) mass is 398 g/mol. The van der Waals surface area contributed by atoms with Crippen LogP contribution in [0.25, 0.3) is 5.52 Å². The van der Waals surface area contributed by atoms with E-state index in [9.17, 15) is 18.0 Å². The number of sulfonamides is 1. The second-order valence-corrected chi connectivity index (χ2v) is 8.54. The summed E-state index contributed by atoms with van der Waals surface area (Å²) in [6.07, 6.45) is 3.60. The molecule has 3 aromatic rings. The molecule has 0 bridgehead atoms. The summed E-state index contributed by atoms with van der Waals surface area (Å²) in [4.78, 5) is 28.8. The van der Waals surface area contributed by atoms with Crippen LogP contribution in [0.15, 0.2) is 54.9 Å². The zero-order chi connectivity index (χ0) is 19.9. The number of hydrogen-bond donors (Lipinski definition) is 1. The smallest absolute Gasteiger partial charge is 0.251 e. The maximum atomic E-state index is 12.4. The molecule has 1 aliphatic heterocycles. The minimum absolute atomic E-state index is 0.202. The third-order valence-electron chi connectivity index (χ3n) is 4.65. The Labute approximate surface area is 161 Å². The van der Waals surface area contributed by atoms with Crippen LogP contribution in [-0.2, 0) is 21.4 Å². The van der Waals surface area contributed by atoms with E-state index < -0.39 is 21.8 Å². The molecule has 2 aromatic heterocycles. The van der Waals surface area contributed by atoms with Crippen LogP contribution in [0, 0.1) is 5.92 Å². The SMILES string of the molecule is CC1CS(=O)(=O)N(c2ccc(C(=O)NCc3ncc4ccccn34)cc2)C1=O. The van der Waals surface area contributed by atoms with E-state index in [0.717, 1.165) is 9.82 Å². The normalized spacial score (nSPS) is 18.5. The number of benzene rings is 1. The van der Waals surface area contributed by atoms with Crippen LogP contribution in [-0.4, -0.2) is 35.4 Å². The van der Waals surface area contributed by atoms with Gasteiger partial charge in [0.2, 0.25) is 15.9 Å². The average Bonchev–Trinajstić information content (AvgIpc) is 3.17. The molecular formula is C19H18N4O4S. The molecule has 8 nitrogen and oxygen atoms in total. The zero-order valence-electron chi connectivity index (χ0n) is 15.1. The molecule has 0 spiro atoms. The summed E-state index contributed by atoms with van der Waals surface area (Å²) in [7, 11) is -3.66. The number of fused-ring (bicyclic) bond motifs is 1. The van der Waals surface area contributed by atoms with Crippen LogP contribution < -0.4 is 9.62 Å². The number of carbonyl (C=O) groups excluding carboxylic acids is 2. The number of nitrogens with zero attached hydrogens (tertiary/aromatic N) is 3. The van der Waals surface area contributed by atoms with Gasteiger partial charge in [-0.2, -0.15) is 0 Å². The van der Waals surface area contributed by atoms with E-state index in [1.165, 1.54) is 24.3 Å². The largest absolute Gasteiger partial charge is 0.345 e. The van der Waals surface area contributed by atoms with E-state index in [1.54, 1.807) is 13.1 Å². The molecule has 28 heavy (non-hydrogen) atoms. The van der Waals surface area contributed by atoms with Gasteiger partial charge in [-0.1, -0.05) is 13.0 Å². The van der Waals surface area contributed by atoms with Crippen LogP contribution in [0.3, 0.4) is 0 Å².